The second-order valence-electron chi connectivity index (χ2n) is 7.05. The number of carbonyl (C=O) groups excluding carboxylic acids is 3. The first-order chi connectivity index (χ1) is 14.0. The van der Waals surface area contributed by atoms with Crippen LogP contribution in [0.1, 0.15) is 73.1 Å². The van der Waals surface area contributed by atoms with Gasteiger partial charge >= 0.3 is 0 Å². The molecule has 0 aliphatic carbocycles. The highest BCUT2D eigenvalue weighted by Crippen LogP contribution is 2.22. The molecule has 1 aliphatic heterocycles. The maximum Gasteiger partial charge on any atom is 0.227 e. The number of nitrogens with zero attached hydrogens (tertiary/aromatic N) is 1. The molecule has 1 saturated heterocycles. The van der Waals surface area contributed by atoms with E-state index in [0.29, 0.717) is 19.3 Å². The number of hydrogen-bond donors (Lipinski definition) is 0. The Labute approximate surface area is 186 Å². The molecule has 1 heterocycles. The molecule has 5 heteroatoms. The minimum atomic E-state index is 0.173. The van der Waals surface area contributed by atoms with Crippen molar-refractivity contribution >= 4 is 45.8 Å². The second kappa shape index (κ2) is 11.9. The third-order valence-corrected chi connectivity index (χ3v) is 5.41. The third-order valence-electron chi connectivity index (χ3n) is 4.69. The molecule has 3 rings (SSSR count). The topological polar surface area (TPSA) is 54.5 Å². The van der Waals surface area contributed by atoms with Crippen LogP contribution in [-0.2, 0) is 4.79 Å². The van der Waals surface area contributed by atoms with Crippen LogP contribution in [0, 0.1) is 3.57 Å². The highest BCUT2D eigenvalue weighted by molar-refractivity contribution is 14.1. The molecule has 1 fully saturated rings. The van der Waals surface area contributed by atoms with Gasteiger partial charge in [-0.3, -0.25) is 14.4 Å². The predicted octanol–water partition coefficient (Wildman–Crippen LogP) is 6.07. The van der Waals surface area contributed by atoms with Gasteiger partial charge < -0.3 is 4.90 Å². The molecule has 4 nitrogen and oxygen atoms in total. The lowest BCUT2D eigenvalue weighted by Crippen LogP contribution is -2.23. The van der Waals surface area contributed by atoms with Gasteiger partial charge in [0.2, 0.25) is 5.91 Å². The first kappa shape index (κ1) is 23.3. The molecule has 0 N–H and O–H groups in total. The summed E-state index contributed by atoms with van der Waals surface area (Å²) >= 11 is 2.23. The summed E-state index contributed by atoms with van der Waals surface area (Å²) < 4.78 is 1.17. The number of rotatable bonds is 7. The quantitative estimate of drug-likeness (QED) is 0.339. The number of hydrogen-bond acceptors (Lipinski definition) is 3. The fourth-order valence-electron chi connectivity index (χ4n) is 3.13. The Kier molecular flexibility index (Phi) is 9.51. The normalized spacial score (nSPS) is 13.1. The van der Waals surface area contributed by atoms with E-state index in [0.717, 1.165) is 42.6 Å². The lowest BCUT2D eigenvalue weighted by atomic mass is 10.1. The Morgan fingerprint density at radius 3 is 1.76 bits per heavy atom. The van der Waals surface area contributed by atoms with Gasteiger partial charge in [-0.2, -0.15) is 0 Å². The summed E-state index contributed by atoms with van der Waals surface area (Å²) in [4.78, 5) is 36.4. The molecule has 154 valence electrons. The number of Topliss-reactive ketones (excluding diaryl/α,β-unsaturated/α-hetero) is 2. The largest absolute Gasteiger partial charge is 0.312 e. The molecule has 0 unspecified atom stereocenters. The summed E-state index contributed by atoms with van der Waals surface area (Å²) in [6.07, 6.45) is 4.59. The zero-order valence-electron chi connectivity index (χ0n) is 17.1. The molecule has 0 radical (unpaired) electrons. The SMILES string of the molecule is CCCC(=O)c1ccc(I)cc1.CCCC(=O)c1ccc(N2CCCC2=O)cc1. The van der Waals surface area contributed by atoms with Gasteiger partial charge in [0.25, 0.3) is 0 Å². The minimum Gasteiger partial charge on any atom is -0.312 e. The molecule has 0 aromatic heterocycles. The zero-order valence-corrected chi connectivity index (χ0v) is 19.3. The molecule has 29 heavy (non-hydrogen) atoms. The smallest absolute Gasteiger partial charge is 0.227 e. The van der Waals surface area contributed by atoms with E-state index >= 15 is 0 Å². The van der Waals surface area contributed by atoms with Gasteiger partial charge in [0.05, 0.1) is 0 Å². The first-order valence-corrected chi connectivity index (χ1v) is 11.3. The molecule has 1 amide bonds. The van der Waals surface area contributed by atoms with E-state index in [1.165, 1.54) is 3.57 Å². The molecule has 0 atom stereocenters. The summed E-state index contributed by atoms with van der Waals surface area (Å²) in [5.41, 5.74) is 2.47. The molecule has 0 saturated carbocycles. The zero-order chi connectivity index (χ0) is 21.2. The van der Waals surface area contributed by atoms with Gasteiger partial charge in [-0.15, -0.1) is 0 Å². The lowest BCUT2D eigenvalue weighted by molar-refractivity contribution is -0.117. The number of amides is 1. The Bertz CT molecular complexity index is 828. The van der Waals surface area contributed by atoms with E-state index in [4.69, 9.17) is 0 Å². The molecular formula is C24H28INO3. The van der Waals surface area contributed by atoms with Gasteiger partial charge in [-0.05, 0) is 78.3 Å². The van der Waals surface area contributed by atoms with Crippen molar-refractivity contribution in [1.82, 2.24) is 0 Å². The van der Waals surface area contributed by atoms with Crippen LogP contribution >= 0.6 is 22.6 Å². The van der Waals surface area contributed by atoms with Crippen LogP contribution < -0.4 is 4.90 Å². The summed E-state index contributed by atoms with van der Waals surface area (Å²) in [7, 11) is 0. The van der Waals surface area contributed by atoms with Gasteiger partial charge in [0.1, 0.15) is 0 Å². The van der Waals surface area contributed by atoms with Crippen molar-refractivity contribution in [2.24, 2.45) is 0 Å². The van der Waals surface area contributed by atoms with E-state index in [1.54, 1.807) is 4.90 Å². The van der Waals surface area contributed by atoms with E-state index < -0.39 is 0 Å². The minimum absolute atomic E-state index is 0.173. The van der Waals surface area contributed by atoms with Crippen LogP contribution in [0.5, 0.6) is 0 Å². The Morgan fingerprint density at radius 2 is 1.34 bits per heavy atom. The third kappa shape index (κ3) is 7.07. The van der Waals surface area contributed by atoms with Crippen molar-refractivity contribution in [1.29, 1.82) is 0 Å². The molecule has 0 bridgehead atoms. The van der Waals surface area contributed by atoms with E-state index in [9.17, 15) is 14.4 Å². The molecule has 1 aliphatic rings. The highest BCUT2D eigenvalue weighted by atomic mass is 127. The summed E-state index contributed by atoms with van der Waals surface area (Å²) in [5.74, 6) is 0.596. The highest BCUT2D eigenvalue weighted by Gasteiger charge is 2.21. The first-order valence-electron chi connectivity index (χ1n) is 10.2. The summed E-state index contributed by atoms with van der Waals surface area (Å²) in [6.45, 7) is 4.81. The average molecular weight is 505 g/mol. The maximum atomic E-state index is 11.7. The van der Waals surface area contributed by atoms with E-state index in [1.807, 2.05) is 62.4 Å². The second-order valence-corrected chi connectivity index (χ2v) is 8.29. The van der Waals surface area contributed by atoms with Crippen molar-refractivity contribution in [3.05, 3.63) is 63.2 Å². The maximum absolute atomic E-state index is 11.7. The molecule has 0 spiro atoms. The van der Waals surface area contributed by atoms with Crippen LogP contribution in [0.4, 0.5) is 5.69 Å². The standard InChI is InChI=1S/C14H17NO2.C10H11IO/c1-2-4-13(16)11-6-8-12(9-7-11)15-10-3-5-14(15)17;1-2-3-10(12)8-4-6-9(11)7-5-8/h6-9H,2-5,10H2,1H3;4-7H,2-3H2,1H3. The fraction of sp³-hybridized carbons (Fsp3) is 0.375. The van der Waals surface area contributed by atoms with Crippen LogP contribution in [-0.4, -0.2) is 24.0 Å². The fourth-order valence-corrected chi connectivity index (χ4v) is 3.49. The van der Waals surface area contributed by atoms with Gasteiger partial charge in [0, 0.05) is 46.2 Å². The lowest BCUT2D eigenvalue weighted by Gasteiger charge is -2.15. The number of ketones is 2. The summed E-state index contributed by atoms with van der Waals surface area (Å²) in [6, 6.07) is 15.1. The van der Waals surface area contributed by atoms with E-state index in [2.05, 4.69) is 22.6 Å². The average Bonchev–Trinajstić information content (AvgIpc) is 3.15. The van der Waals surface area contributed by atoms with E-state index in [-0.39, 0.29) is 17.5 Å². The Hall–Kier alpha value is -2.02. The van der Waals surface area contributed by atoms with Gasteiger partial charge in [-0.1, -0.05) is 26.0 Å². The molecular weight excluding hydrogens is 477 g/mol. The molecule has 2 aromatic carbocycles. The van der Waals surface area contributed by atoms with Gasteiger partial charge in [0.15, 0.2) is 11.6 Å². The number of anilines is 1. The molecule has 2 aromatic rings. The van der Waals surface area contributed by atoms with Crippen LogP contribution in [0.3, 0.4) is 0 Å². The number of halogens is 1. The van der Waals surface area contributed by atoms with Crippen LogP contribution in [0.25, 0.3) is 0 Å². The predicted molar refractivity (Wildman–Crippen MR) is 126 cm³/mol. The van der Waals surface area contributed by atoms with Crippen LogP contribution in [0.2, 0.25) is 0 Å². The Morgan fingerprint density at radius 1 is 0.862 bits per heavy atom. The number of carbonyl (C=O) groups is 3. The van der Waals surface area contributed by atoms with Crippen molar-refractivity contribution in [2.75, 3.05) is 11.4 Å². The number of benzene rings is 2. The van der Waals surface area contributed by atoms with Crippen molar-refractivity contribution in [3.63, 3.8) is 0 Å². The van der Waals surface area contributed by atoms with Crippen molar-refractivity contribution < 1.29 is 14.4 Å². The van der Waals surface area contributed by atoms with Crippen LogP contribution in [0.15, 0.2) is 48.5 Å². The van der Waals surface area contributed by atoms with Crippen molar-refractivity contribution in [2.45, 2.75) is 52.4 Å². The monoisotopic (exact) mass is 505 g/mol. The van der Waals surface area contributed by atoms with Gasteiger partial charge in [-0.25, -0.2) is 0 Å². The van der Waals surface area contributed by atoms with Crippen molar-refractivity contribution in [3.8, 4) is 0 Å². The Balaban J connectivity index is 0.000000221. The summed E-state index contributed by atoms with van der Waals surface area (Å²) in [5, 5.41) is 0.